The van der Waals surface area contributed by atoms with Gasteiger partial charge in [0, 0.05) is 43.1 Å². The van der Waals surface area contributed by atoms with Crippen molar-refractivity contribution in [3.8, 4) is 28.5 Å². The third-order valence-electron chi connectivity index (χ3n) is 6.25. The molecule has 37 heavy (non-hydrogen) atoms. The first-order valence-electron chi connectivity index (χ1n) is 12.0. The lowest BCUT2D eigenvalue weighted by molar-refractivity contribution is 0.0984. The molecule has 0 bridgehead atoms. The number of nitrogens with zero attached hydrogens (tertiary/aromatic N) is 2. The van der Waals surface area contributed by atoms with E-state index in [2.05, 4.69) is 10.1 Å². The SMILES string of the molecule is COc1ccc(Oc2cc(C(=N)N3CCCC3)ccc2-c2cc(CCC(=O)c3ccc(Cl)s3)on2)cc1. The van der Waals surface area contributed by atoms with Crippen LogP contribution in [0.2, 0.25) is 4.34 Å². The number of benzene rings is 2. The lowest BCUT2D eigenvalue weighted by Gasteiger charge is -2.19. The van der Waals surface area contributed by atoms with E-state index >= 15 is 0 Å². The zero-order chi connectivity index (χ0) is 25.8. The van der Waals surface area contributed by atoms with Crippen molar-refractivity contribution < 1.29 is 18.8 Å². The molecule has 1 N–H and O–H groups in total. The maximum Gasteiger partial charge on any atom is 0.173 e. The molecule has 5 rings (SSSR count). The van der Waals surface area contributed by atoms with Gasteiger partial charge in [-0.2, -0.15) is 0 Å². The fraction of sp³-hybridized carbons (Fsp3) is 0.250. The minimum absolute atomic E-state index is 0.0168. The minimum atomic E-state index is 0.0168. The van der Waals surface area contributed by atoms with Crippen LogP contribution in [0.25, 0.3) is 11.3 Å². The zero-order valence-corrected chi connectivity index (χ0v) is 21.9. The first-order chi connectivity index (χ1) is 18.0. The summed E-state index contributed by atoms with van der Waals surface area (Å²) < 4.78 is 17.7. The van der Waals surface area contributed by atoms with E-state index in [1.165, 1.54) is 11.3 Å². The van der Waals surface area contributed by atoms with Crippen LogP contribution in [0.3, 0.4) is 0 Å². The first-order valence-corrected chi connectivity index (χ1v) is 13.2. The van der Waals surface area contributed by atoms with E-state index in [1.807, 2.05) is 48.5 Å². The Morgan fingerprint density at radius 2 is 1.84 bits per heavy atom. The van der Waals surface area contributed by atoms with Gasteiger partial charge in [-0.3, -0.25) is 10.2 Å². The number of ketones is 1. The van der Waals surface area contributed by atoms with E-state index in [0.717, 1.165) is 42.8 Å². The van der Waals surface area contributed by atoms with E-state index < -0.39 is 0 Å². The van der Waals surface area contributed by atoms with Gasteiger partial charge in [0.15, 0.2) is 5.78 Å². The fourth-order valence-corrected chi connectivity index (χ4v) is 5.25. The van der Waals surface area contributed by atoms with Crippen molar-refractivity contribution in [3.05, 3.63) is 81.2 Å². The number of nitrogens with one attached hydrogen (secondary N) is 1. The van der Waals surface area contributed by atoms with Crippen LogP contribution in [-0.2, 0) is 6.42 Å². The average molecular weight is 536 g/mol. The lowest BCUT2D eigenvalue weighted by Crippen LogP contribution is -2.27. The number of methoxy groups -OCH3 is 1. The maximum absolute atomic E-state index is 12.5. The number of halogens is 1. The van der Waals surface area contributed by atoms with Gasteiger partial charge < -0.3 is 18.9 Å². The molecule has 9 heteroatoms. The Hall–Kier alpha value is -3.62. The number of hydrogen-bond acceptors (Lipinski definition) is 7. The second kappa shape index (κ2) is 11.2. The summed E-state index contributed by atoms with van der Waals surface area (Å²) in [7, 11) is 1.62. The number of likely N-dealkylation sites (tertiary alicyclic amines) is 1. The molecule has 1 saturated heterocycles. The van der Waals surface area contributed by atoms with Crippen LogP contribution in [0.15, 0.2) is 65.2 Å². The highest BCUT2D eigenvalue weighted by Crippen LogP contribution is 2.35. The van der Waals surface area contributed by atoms with Gasteiger partial charge in [-0.1, -0.05) is 22.8 Å². The topological polar surface area (TPSA) is 88.7 Å². The number of rotatable bonds is 9. The number of ether oxygens (including phenoxy) is 2. The lowest BCUT2D eigenvalue weighted by atomic mass is 10.1. The fourth-order valence-electron chi connectivity index (χ4n) is 4.24. The van der Waals surface area contributed by atoms with Gasteiger partial charge in [-0.05, 0) is 61.4 Å². The molecule has 0 aliphatic carbocycles. The summed E-state index contributed by atoms with van der Waals surface area (Å²) in [6.07, 6.45) is 2.92. The molecule has 0 radical (unpaired) electrons. The zero-order valence-electron chi connectivity index (χ0n) is 20.3. The molecule has 0 saturated carbocycles. The molecule has 0 atom stereocenters. The van der Waals surface area contributed by atoms with Crippen molar-refractivity contribution in [3.63, 3.8) is 0 Å². The van der Waals surface area contributed by atoms with E-state index in [0.29, 0.717) is 50.8 Å². The van der Waals surface area contributed by atoms with Gasteiger partial charge in [0.1, 0.15) is 34.5 Å². The van der Waals surface area contributed by atoms with Crippen LogP contribution in [0, 0.1) is 5.41 Å². The van der Waals surface area contributed by atoms with Gasteiger partial charge in [0.05, 0.1) is 16.3 Å². The maximum atomic E-state index is 12.5. The number of aromatic nitrogens is 1. The number of Topliss-reactive ketones (excluding diaryl/α,β-unsaturated/α-hetero) is 1. The third-order valence-corrected chi connectivity index (χ3v) is 7.52. The van der Waals surface area contributed by atoms with Crippen LogP contribution in [0.4, 0.5) is 0 Å². The highest BCUT2D eigenvalue weighted by Gasteiger charge is 2.20. The molecule has 0 amide bonds. The van der Waals surface area contributed by atoms with Crippen LogP contribution in [0.5, 0.6) is 17.2 Å². The summed E-state index contributed by atoms with van der Waals surface area (Å²) in [6.45, 7) is 1.77. The molecule has 0 spiro atoms. The number of thiophene rings is 1. The Labute approximate surface area is 224 Å². The van der Waals surface area contributed by atoms with Crippen molar-refractivity contribution in [2.45, 2.75) is 25.7 Å². The molecule has 190 valence electrons. The quantitative estimate of drug-likeness (QED) is 0.140. The normalized spacial score (nSPS) is 13.1. The third kappa shape index (κ3) is 5.87. The highest BCUT2D eigenvalue weighted by molar-refractivity contribution is 7.18. The summed E-state index contributed by atoms with van der Waals surface area (Å²) in [4.78, 5) is 15.2. The Morgan fingerprint density at radius 3 is 2.54 bits per heavy atom. The Balaban J connectivity index is 1.39. The predicted molar refractivity (Wildman–Crippen MR) is 145 cm³/mol. The molecule has 0 unspecified atom stereocenters. The summed E-state index contributed by atoms with van der Waals surface area (Å²) in [5.41, 5.74) is 2.11. The molecule has 3 heterocycles. The second-order valence-corrected chi connectivity index (χ2v) is 10.5. The van der Waals surface area contributed by atoms with Crippen molar-refractivity contribution in [2.75, 3.05) is 20.2 Å². The number of aryl methyl sites for hydroxylation is 1. The van der Waals surface area contributed by atoms with Crippen LogP contribution in [0.1, 0.15) is 40.3 Å². The van der Waals surface area contributed by atoms with Gasteiger partial charge in [0.25, 0.3) is 0 Å². The molecule has 1 aliphatic heterocycles. The van der Waals surface area contributed by atoms with Crippen molar-refractivity contribution >= 4 is 34.6 Å². The standard InChI is InChI=1S/C28H26ClN3O4S/c1-34-19-5-7-20(8-6-19)35-25-16-18(28(30)32-14-2-3-15-32)4-10-22(25)23-17-21(36-31-23)9-11-24(33)26-12-13-27(29)37-26/h4-8,10,12-13,16-17,30H,2-3,9,11,14-15H2,1H3. The second-order valence-electron chi connectivity index (χ2n) is 8.74. The number of carbonyl (C=O) groups is 1. The summed E-state index contributed by atoms with van der Waals surface area (Å²) in [5, 5.41) is 12.9. The highest BCUT2D eigenvalue weighted by atomic mass is 35.5. The van der Waals surface area contributed by atoms with Crippen molar-refractivity contribution in [1.82, 2.24) is 10.1 Å². The average Bonchev–Trinajstić information content (AvgIpc) is 3.70. The van der Waals surface area contributed by atoms with Gasteiger partial charge in [0.2, 0.25) is 0 Å². The largest absolute Gasteiger partial charge is 0.497 e. The van der Waals surface area contributed by atoms with Gasteiger partial charge >= 0.3 is 0 Å². The molecular weight excluding hydrogens is 510 g/mol. The van der Waals surface area contributed by atoms with E-state index in [4.69, 9.17) is 31.0 Å². The Kier molecular flexibility index (Phi) is 7.58. The molecule has 2 aromatic heterocycles. The summed E-state index contributed by atoms with van der Waals surface area (Å²) in [5.74, 6) is 3.04. The van der Waals surface area contributed by atoms with Crippen LogP contribution in [-0.4, -0.2) is 41.9 Å². The summed E-state index contributed by atoms with van der Waals surface area (Å²) >= 11 is 7.23. The molecule has 2 aromatic carbocycles. The Morgan fingerprint density at radius 1 is 1.08 bits per heavy atom. The van der Waals surface area contributed by atoms with E-state index in [9.17, 15) is 4.79 Å². The first kappa shape index (κ1) is 25.0. The van der Waals surface area contributed by atoms with Crippen molar-refractivity contribution in [2.24, 2.45) is 0 Å². The monoisotopic (exact) mass is 535 g/mol. The van der Waals surface area contributed by atoms with E-state index in [1.54, 1.807) is 19.2 Å². The number of amidine groups is 1. The molecule has 1 fully saturated rings. The number of hydrogen-bond donors (Lipinski definition) is 1. The van der Waals surface area contributed by atoms with Crippen LogP contribution < -0.4 is 9.47 Å². The van der Waals surface area contributed by atoms with Crippen LogP contribution >= 0.6 is 22.9 Å². The number of carbonyl (C=O) groups excluding carboxylic acids is 1. The van der Waals surface area contributed by atoms with Crippen molar-refractivity contribution in [1.29, 1.82) is 5.41 Å². The predicted octanol–water partition coefficient (Wildman–Crippen LogP) is 7.09. The van der Waals surface area contributed by atoms with Gasteiger partial charge in [-0.25, -0.2) is 0 Å². The van der Waals surface area contributed by atoms with E-state index in [-0.39, 0.29) is 5.78 Å². The molecule has 7 nitrogen and oxygen atoms in total. The Bertz CT molecular complexity index is 1410. The van der Waals surface area contributed by atoms with Gasteiger partial charge in [-0.15, -0.1) is 11.3 Å². The molecule has 4 aromatic rings. The minimum Gasteiger partial charge on any atom is -0.497 e. The summed E-state index contributed by atoms with van der Waals surface area (Å²) in [6, 6.07) is 18.3. The molecular formula is C28H26ClN3O4S. The molecule has 1 aliphatic rings. The smallest absolute Gasteiger partial charge is 0.173 e.